The zero-order valence-corrected chi connectivity index (χ0v) is 16.2. The number of aromatic nitrogens is 5. The van der Waals surface area contributed by atoms with Gasteiger partial charge in [0.2, 0.25) is 10.9 Å². The van der Waals surface area contributed by atoms with Gasteiger partial charge in [-0.05, 0) is 43.3 Å². The quantitative estimate of drug-likeness (QED) is 0.453. The number of anilines is 2. The first-order valence-corrected chi connectivity index (χ1v) is 9.82. The third-order valence-corrected chi connectivity index (χ3v) is 5.29. The molecule has 3 heterocycles. The average molecular weight is 402 g/mol. The molecular weight excluding hydrogens is 387 g/mol. The van der Waals surface area contributed by atoms with Crippen molar-refractivity contribution in [2.75, 3.05) is 5.32 Å². The van der Waals surface area contributed by atoms with Gasteiger partial charge in [-0.15, -0.1) is 26.6 Å². The van der Waals surface area contributed by atoms with E-state index in [-0.39, 0.29) is 5.82 Å². The summed E-state index contributed by atoms with van der Waals surface area (Å²) in [5.74, 6) is 0.705. The second-order valence-corrected chi connectivity index (χ2v) is 7.39. The Balaban J connectivity index is 1.39. The molecule has 0 radical (unpaired) electrons. The van der Waals surface area contributed by atoms with Crippen LogP contribution in [0.1, 0.15) is 5.56 Å². The van der Waals surface area contributed by atoms with Gasteiger partial charge in [0.15, 0.2) is 5.82 Å². The summed E-state index contributed by atoms with van der Waals surface area (Å²) in [6.07, 6.45) is 0. The molecule has 0 bridgehead atoms. The summed E-state index contributed by atoms with van der Waals surface area (Å²) in [6.45, 7) is 2.06. The molecule has 0 spiro atoms. The SMILES string of the molecule is Cc1ccc(-c2csc3nc(Nc4ccc(-c5ccc(F)cc5)nn4)nn23)cc1. The average Bonchev–Trinajstić information content (AvgIpc) is 3.30. The highest BCUT2D eigenvalue weighted by Gasteiger charge is 2.12. The van der Waals surface area contributed by atoms with Crippen molar-refractivity contribution in [2.24, 2.45) is 0 Å². The van der Waals surface area contributed by atoms with Gasteiger partial charge in [0.1, 0.15) is 5.82 Å². The van der Waals surface area contributed by atoms with Gasteiger partial charge in [0.05, 0.1) is 11.4 Å². The van der Waals surface area contributed by atoms with E-state index >= 15 is 0 Å². The van der Waals surface area contributed by atoms with E-state index in [4.69, 9.17) is 0 Å². The smallest absolute Gasteiger partial charge is 0.249 e. The highest BCUT2D eigenvalue weighted by atomic mass is 32.1. The number of hydrogen-bond donors (Lipinski definition) is 1. The molecule has 0 saturated carbocycles. The van der Waals surface area contributed by atoms with Crippen LogP contribution >= 0.6 is 11.3 Å². The van der Waals surface area contributed by atoms with Crippen molar-refractivity contribution in [1.82, 2.24) is 24.8 Å². The van der Waals surface area contributed by atoms with Crippen molar-refractivity contribution in [3.63, 3.8) is 0 Å². The van der Waals surface area contributed by atoms with Crippen LogP contribution in [-0.4, -0.2) is 24.8 Å². The summed E-state index contributed by atoms with van der Waals surface area (Å²) in [4.78, 5) is 5.30. The second-order valence-electron chi connectivity index (χ2n) is 6.55. The van der Waals surface area contributed by atoms with E-state index < -0.39 is 0 Å². The Morgan fingerprint density at radius 1 is 0.897 bits per heavy atom. The Morgan fingerprint density at radius 3 is 2.38 bits per heavy atom. The lowest BCUT2D eigenvalue weighted by atomic mass is 10.1. The first kappa shape index (κ1) is 17.4. The fourth-order valence-electron chi connectivity index (χ4n) is 2.95. The van der Waals surface area contributed by atoms with Crippen LogP contribution in [-0.2, 0) is 0 Å². The summed E-state index contributed by atoms with van der Waals surface area (Å²) in [7, 11) is 0. The Kier molecular flexibility index (Phi) is 4.25. The van der Waals surface area contributed by atoms with E-state index in [1.807, 2.05) is 16.0 Å². The maximum atomic E-state index is 13.1. The van der Waals surface area contributed by atoms with Crippen LogP contribution < -0.4 is 5.32 Å². The fraction of sp³-hybridized carbons (Fsp3) is 0.0476. The molecule has 2 aromatic carbocycles. The minimum absolute atomic E-state index is 0.282. The molecule has 0 fully saturated rings. The number of nitrogens with zero attached hydrogens (tertiary/aromatic N) is 5. The number of thiazole rings is 1. The molecule has 0 atom stereocenters. The molecule has 5 rings (SSSR count). The van der Waals surface area contributed by atoms with Crippen molar-refractivity contribution in [3.05, 3.63) is 77.4 Å². The fourth-order valence-corrected chi connectivity index (χ4v) is 3.78. The third kappa shape index (κ3) is 3.45. The van der Waals surface area contributed by atoms with Gasteiger partial charge in [-0.2, -0.15) is 4.98 Å². The molecule has 0 aliphatic rings. The van der Waals surface area contributed by atoms with Gasteiger partial charge in [0.25, 0.3) is 0 Å². The van der Waals surface area contributed by atoms with E-state index in [0.717, 1.165) is 21.8 Å². The van der Waals surface area contributed by atoms with Crippen molar-refractivity contribution in [3.8, 4) is 22.5 Å². The van der Waals surface area contributed by atoms with Gasteiger partial charge in [-0.3, -0.25) is 0 Å². The lowest BCUT2D eigenvalue weighted by Crippen LogP contribution is -1.98. The maximum Gasteiger partial charge on any atom is 0.249 e. The molecule has 0 amide bonds. The van der Waals surface area contributed by atoms with Crippen LogP contribution in [0.15, 0.2) is 66.0 Å². The highest BCUT2D eigenvalue weighted by molar-refractivity contribution is 7.15. The summed E-state index contributed by atoms with van der Waals surface area (Å²) in [5, 5.41) is 18.1. The predicted octanol–water partition coefficient (Wildman–Crippen LogP) is 5.11. The first-order valence-electron chi connectivity index (χ1n) is 8.94. The standard InChI is InChI=1S/C21H15FN6S/c1-13-2-4-15(5-3-13)18-12-29-21-24-20(27-28(18)21)23-19-11-10-17(25-26-19)14-6-8-16(22)9-7-14/h2-12H,1H3,(H,23,26,27). The predicted molar refractivity (Wildman–Crippen MR) is 112 cm³/mol. The monoisotopic (exact) mass is 402 g/mol. The van der Waals surface area contributed by atoms with Gasteiger partial charge in [-0.25, -0.2) is 8.91 Å². The third-order valence-electron chi connectivity index (χ3n) is 4.47. The molecule has 0 unspecified atom stereocenters. The van der Waals surface area contributed by atoms with Crippen LogP contribution in [0.5, 0.6) is 0 Å². The Bertz CT molecular complexity index is 1270. The summed E-state index contributed by atoms with van der Waals surface area (Å²) >= 11 is 1.53. The van der Waals surface area contributed by atoms with Crippen molar-refractivity contribution in [1.29, 1.82) is 0 Å². The zero-order valence-electron chi connectivity index (χ0n) is 15.4. The number of rotatable bonds is 4. The molecule has 0 saturated heterocycles. The lowest BCUT2D eigenvalue weighted by molar-refractivity contribution is 0.628. The normalized spacial score (nSPS) is 11.1. The molecule has 1 N–H and O–H groups in total. The molecule has 6 nitrogen and oxygen atoms in total. The zero-order chi connectivity index (χ0) is 19.8. The highest BCUT2D eigenvalue weighted by Crippen LogP contribution is 2.27. The molecule has 3 aromatic heterocycles. The molecule has 29 heavy (non-hydrogen) atoms. The van der Waals surface area contributed by atoms with E-state index in [1.54, 1.807) is 18.2 Å². The molecular formula is C21H15FN6S. The molecule has 8 heteroatoms. The van der Waals surface area contributed by atoms with Gasteiger partial charge in [0, 0.05) is 16.5 Å². The van der Waals surface area contributed by atoms with Crippen molar-refractivity contribution in [2.45, 2.75) is 6.92 Å². The molecule has 0 aliphatic carbocycles. The van der Waals surface area contributed by atoms with Crippen LogP contribution in [0.25, 0.3) is 27.5 Å². The van der Waals surface area contributed by atoms with Gasteiger partial charge < -0.3 is 5.32 Å². The topological polar surface area (TPSA) is 68.0 Å². The lowest BCUT2D eigenvalue weighted by Gasteiger charge is -2.03. The first-order chi connectivity index (χ1) is 14.2. The largest absolute Gasteiger partial charge is 0.306 e. The Morgan fingerprint density at radius 2 is 1.66 bits per heavy atom. The van der Waals surface area contributed by atoms with Gasteiger partial charge in [-0.1, -0.05) is 29.8 Å². The minimum atomic E-state index is -0.282. The van der Waals surface area contributed by atoms with E-state index in [1.165, 1.54) is 29.0 Å². The van der Waals surface area contributed by atoms with Crippen LogP contribution in [0.2, 0.25) is 0 Å². The number of aryl methyl sites for hydroxylation is 1. The van der Waals surface area contributed by atoms with Crippen molar-refractivity contribution < 1.29 is 4.39 Å². The molecule has 142 valence electrons. The van der Waals surface area contributed by atoms with Crippen molar-refractivity contribution >= 4 is 28.1 Å². The number of benzene rings is 2. The Labute approximate surface area is 169 Å². The maximum absolute atomic E-state index is 13.1. The van der Waals surface area contributed by atoms with E-state index in [9.17, 15) is 4.39 Å². The summed E-state index contributed by atoms with van der Waals surface area (Å²) in [6, 6.07) is 18.1. The van der Waals surface area contributed by atoms with Crippen LogP contribution in [0.4, 0.5) is 16.2 Å². The van der Waals surface area contributed by atoms with Gasteiger partial charge >= 0.3 is 0 Å². The number of halogens is 1. The Hall–Kier alpha value is -3.65. The number of hydrogen-bond acceptors (Lipinski definition) is 6. The van der Waals surface area contributed by atoms with E-state index in [0.29, 0.717) is 17.5 Å². The summed E-state index contributed by atoms with van der Waals surface area (Å²) in [5.41, 5.74) is 4.75. The van der Waals surface area contributed by atoms with Crippen LogP contribution in [0, 0.1) is 12.7 Å². The van der Waals surface area contributed by atoms with Crippen LogP contribution in [0.3, 0.4) is 0 Å². The number of nitrogens with one attached hydrogen (secondary N) is 1. The molecule has 0 aliphatic heterocycles. The minimum Gasteiger partial charge on any atom is -0.306 e. The molecule has 5 aromatic rings. The number of fused-ring (bicyclic) bond motifs is 1. The van der Waals surface area contributed by atoms with E-state index in [2.05, 4.69) is 56.8 Å². The summed E-state index contributed by atoms with van der Waals surface area (Å²) < 4.78 is 14.9. The second kappa shape index (κ2) is 7.06.